The molecule has 3 rings (SSSR count). The molecule has 1 aromatic carbocycles. The fourth-order valence-electron chi connectivity index (χ4n) is 3.40. The highest BCUT2D eigenvalue weighted by atomic mass is 35.5. The lowest BCUT2D eigenvalue weighted by Crippen LogP contribution is -2.38. The number of carbonyl (C=O) groups excluding carboxylic acids is 1. The molecule has 5 heteroatoms. The second kappa shape index (κ2) is 8.54. The number of rotatable bonds is 6. The zero-order valence-electron chi connectivity index (χ0n) is 14.5. The Kier molecular flexibility index (Phi) is 6.69. The van der Waals surface area contributed by atoms with Gasteiger partial charge >= 0.3 is 0 Å². The zero-order valence-corrected chi connectivity index (χ0v) is 15.3. The number of furan rings is 1. The molecule has 1 amide bonds. The first-order chi connectivity index (χ1) is 11.2. The van der Waals surface area contributed by atoms with Crippen molar-refractivity contribution in [3.05, 3.63) is 36.1 Å². The zero-order chi connectivity index (χ0) is 16.2. The lowest BCUT2D eigenvalue weighted by molar-refractivity contribution is -0.134. The largest absolute Gasteiger partial charge is 0.459 e. The molecule has 0 spiro atoms. The van der Waals surface area contributed by atoms with E-state index in [1.54, 1.807) is 0 Å². The smallest absolute Gasteiger partial charge is 0.224 e. The maximum atomic E-state index is 12.8. The molecule has 2 unspecified atom stereocenters. The van der Waals surface area contributed by atoms with E-state index in [9.17, 15) is 4.79 Å². The Hall–Kier alpha value is -1.52. The summed E-state index contributed by atoms with van der Waals surface area (Å²) < 4.78 is 5.97. The fraction of sp³-hybridized carbons (Fsp3) is 0.526. The molecule has 2 atom stereocenters. The molecule has 1 fully saturated rings. The topological polar surface area (TPSA) is 45.5 Å². The van der Waals surface area contributed by atoms with Crippen LogP contribution in [0.4, 0.5) is 0 Å². The van der Waals surface area contributed by atoms with Crippen molar-refractivity contribution in [2.75, 3.05) is 13.1 Å². The average molecular weight is 351 g/mol. The van der Waals surface area contributed by atoms with Gasteiger partial charge in [0.05, 0.1) is 6.04 Å². The van der Waals surface area contributed by atoms with Gasteiger partial charge in [0.1, 0.15) is 11.3 Å². The van der Waals surface area contributed by atoms with Crippen LogP contribution in [0.3, 0.4) is 0 Å². The van der Waals surface area contributed by atoms with Gasteiger partial charge in [-0.15, -0.1) is 12.4 Å². The minimum absolute atomic E-state index is 0. The van der Waals surface area contributed by atoms with E-state index < -0.39 is 0 Å². The Morgan fingerprint density at radius 2 is 2.21 bits per heavy atom. The van der Waals surface area contributed by atoms with E-state index in [-0.39, 0.29) is 24.4 Å². The predicted molar refractivity (Wildman–Crippen MR) is 99.5 cm³/mol. The Morgan fingerprint density at radius 3 is 2.88 bits per heavy atom. The molecule has 0 bridgehead atoms. The highest BCUT2D eigenvalue weighted by Crippen LogP contribution is 2.28. The third-order valence-electron chi connectivity index (χ3n) is 4.69. The maximum absolute atomic E-state index is 12.8. The van der Waals surface area contributed by atoms with Gasteiger partial charge < -0.3 is 14.6 Å². The Bertz CT molecular complexity index is 631. The Morgan fingerprint density at radius 1 is 1.42 bits per heavy atom. The van der Waals surface area contributed by atoms with Gasteiger partial charge in [0.2, 0.25) is 5.91 Å². The molecule has 0 aliphatic carbocycles. The van der Waals surface area contributed by atoms with Gasteiger partial charge in [-0.05, 0) is 44.9 Å². The third-order valence-corrected chi connectivity index (χ3v) is 4.69. The maximum Gasteiger partial charge on any atom is 0.224 e. The minimum Gasteiger partial charge on any atom is -0.459 e. The van der Waals surface area contributed by atoms with Gasteiger partial charge in [-0.3, -0.25) is 4.79 Å². The molecule has 1 aliphatic heterocycles. The fourth-order valence-corrected chi connectivity index (χ4v) is 3.40. The van der Waals surface area contributed by atoms with Crippen LogP contribution in [0, 0.1) is 0 Å². The summed E-state index contributed by atoms with van der Waals surface area (Å²) in [6, 6.07) is 10.4. The van der Waals surface area contributed by atoms with E-state index in [2.05, 4.69) is 25.2 Å². The number of carbonyl (C=O) groups is 1. The quantitative estimate of drug-likeness (QED) is 0.845. The lowest BCUT2D eigenvalue weighted by Gasteiger charge is -2.28. The van der Waals surface area contributed by atoms with Crippen LogP contribution in [0.2, 0.25) is 0 Å². The number of nitrogens with zero attached hydrogens (tertiary/aromatic N) is 1. The van der Waals surface area contributed by atoms with Crippen LogP contribution < -0.4 is 5.32 Å². The molecule has 1 saturated heterocycles. The highest BCUT2D eigenvalue weighted by Gasteiger charge is 2.26. The van der Waals surface area contributed by atoms with E-state index in [1.807, 2.05) is 29.2 Å². The number of amides is 1. The van der Waals surface area contributed by atoms with Gasteiger partial charge in [-0.1, -0.05) is 25.1 Å². The van der Waals surface area contributed by atoms with Crippen molar-refractivity contribution in [2.24, 2.45) is 0 Å². The van der Waals surface area contributed by atoms with Crippen LogP contribution >= 0.6 is 12.4 Å². The SMILES string of the molecule is CCCN(C(=O)CC1CCCN1)C(C)c1cc2ccccc2o1.Cl. The second-order valence-corrected chi connectivity index (χ2v) is 6.45. The molecular formula is C19H27ClN2O2. The number of fused-ring (bicyclic) bond motifs is 1. The standard InChI is InChI=1S/C19H26N2O2.ClH/c1-3-11-21(19(22)13-16-8-6-10-20-16)14(2)18-12-15-7-4-5-9-17(15)23-18;/h4-5,7,9,12,14,16,20H,3,6,8,10-11,13H2,1-2H3;1H. The van der Waals surface area contributed by atoms with Gasteiger partial charge in [-0.2, -0.15) is 0 Å². The van der Waals surface area contributed by atoms with Crippen molar-refractivity contribution < 1.29 is 9.21 Å². The molecule has 1 N–H and O–H groups in total. The van der Waals surface area contributed by atoms with E-state index in [1.165, 1.54) is 6.42 Å². The van der Waals surface area contributed by atoms with Crippen LogP contribution in [0.15, 0.2) is 34.7 Å². The van der Waals surface area contributed by atoms with Crippen molar-refractivity contribution >= 4 is 29.3 Å². The third kappa shape index (κ3) is 4.11. The Balaban J connectivity index is 0.00000208. The second-order valence-electron chi connectivity index (χ2n) is 6.45. The van der Waals surface area contributed by atoms with E-state index >= 15 is 0 Å². The summed E-state index contributed by atoms with van der Waals surface area (Å²) >= 11 is 0. The lowest BCUT2D eigenvalue weighted by atomic mass is 10.1. The predicted octanol–water partition coefficient (Wildman–Crippen LogP) is 4.30. The normalized spacial score (nSPS) is 18.3. The van der Waals surface area contributed by atoms with Crippen LogP contribution in [0.1, 0.15) is 51.3 Å². The molecule has 24 heavy (non-hydrogen) atoms. The first kappa shape index (κ1) is 18.8. The van der Waals surface area contributed by atoms with E-state index in [4.69, 9.17) is 4.42 Å². The summed E-state index contributed by atoms with van der Waals surface area (Å²) in [6.07, 6.45) is 3.81. The highest BCUT2D eigenvalue weighted by molar-refractivity contribution is 5.85. The van der Waals surface area contributed by atoms with E-state index in [0.29, 0.717) is 12.5 Å². The van der Waals surface area contributed by atoms with Crippen molar-refractivity contribution in [1.29, 1.82) is 0 Å². The van der Waals surface area contributed by atoms with Crippen LogP contribution in [-0.4, -0.2) is 29.9 Å². The van der Waals surface area contributed by atoms with Crippen LogP contribution in [-0.2, 0) is 4.79 Å². The number of hydrogen-bond acceptors (Lipinski definition) is 3. The number of nitrogens with one attached hydrogen (secondary N) is 1. The van der Waals surface area contributed by atoms with Crippen LogP contribution in [0.5, 0.6) is 0 Å². The van der Waals surface area contributed by atoms with Gasteiger partial charge in [0.25, 0.3) is 0 Å². The molecule has 1 aromatic heterocycles. The van der Waals surface area contributed by atoms with Gasteiger partial charge in [-0.25, -0.2) is 0 Å². The van der Waals surface area contributed by atoms with Gasteiger partial charge in [0, 0.05) is 24.4 Å². The molecule has 2 heterocycles. The minimum atomic E-state index is -0.0312. The number of para-hydroxylation sites is 1. The summed E-state index contributed by atoms with van der Waals surface area (Å²) in [4.78, 5) is 14.7. The molecular weight excluding hydrogens is 324 g/mol. The van der Waals surface area contributed by atoms with Crippen LogP contribution in [0.25, 0.3) is 11.0 Å². The number of benzene rings is 1. The summed E-state index contributed by atoms with van der Waals surface area (Å²) in [5.74, 6) is 1.09. The number of hydrogen-bond donors (Lipinski definition) is 1. The molecule has 132 valence electrons. The first-order valence-corrected chi connectivity index (χ1v) is 8.70. The van der Waals surface area contributed by atoms with Crippen molar-refractivity contribution in [1.82, 2.24) is 10.2 Å². The van der Waals surface area contributed by atoms with Crippen molar-refractivity contribution in [3.63, 3.8) is 0 Å². The summed E-state index contributed by atoms with van der Waals surface area (Å²) in [6.45, 7) is 5.97. The summed E-state index contributed by atoms with van der Waals surface area (Å²) in [5.41, 5.74) is 0.885. The molecule has 2 aromatic rings. The molecule has 0 radical (unpaired) electrons. The monoisotopic (exact) mass is 350 g/mol. The summed E-state index contributed by atoms with van der Waals surface area (Å²) in [5, 5.41) is 4.51. The molecule has 0 saturated carbocycles. The summed E-state index contributed by atoms with van der Waals surface area (Å²) in [7, 11) is 0. The average Bonchev–Trinajstić information content (AvgIpc) is 3.20. The number of halogens is 1. The van der Waals surface area contributed by atoms with Gasteiger partial charge in [0.15, 0.2) is 0 Å². The molecule has 4 nitrogen and oxygen atoms in total. The first-order valence-electron chi connectivity index (χ1n) is 8.70. The Labute approximate surface area is 150 Å². The molecule has 1 aliphatic rings. The van der Waals surface area contributed by atoms with Crippen molar-refractivity contribution in [3.8, 4) is 0 Å². The van der Waals surface area contributed by atoms with Crippen molar-refractivity contribution in [2.45, 2.75) is 51.6 Å². The van der Waals surface area contributed by atoms with E-state index in [0.717, 1.165) is 42.7 Å².